The molecule has 0 radical (unpaired) electrons. The van der Waals surface area contributed by atoms with Crippen molar-refractivity contribution in [2.24, 2.45) is 0 Å². The zero-order valence-corrected chi connectivity index (χ0v) is 15.5. The topological polar surface area (TPSA) is 90.1 Å². The first-order valence-electron chi connectivity index (χ1n) is 8.51. The lowest BCUT2D eigenvalue weighted by atomic mass is 10.1. The number of ether oxygens (including phenoxy) is 1. The number of fused-ring (bicyclic) bond motifs is 1. The number of nitrogens with zero attached hydrogens (tertiary/aromatic N) is 2. The van der Waals surface area contributed by atoms with Gasteiger partial charge in [-0.2, -0.15) is 13.2 Å². The number of aryl methyl sites for hydroxylation is 1. The molecule has 30 heavy (non-hydrogen) atoms. The molecule has 2 heterocycles. The molecule has 0 saturated heterocycles. The number of hydrogen-bond donors (Lipinski definition) is 1. The fraction of sp³-hybridized carbons (Fsp3) is 0.150. The second-order valence-electron chi connectivity index (χ2n) is 6.42. The molecule has 10 heteroatoms. The second-order valence-corrected chi connectivity index (χ2v) is 6.42. The van der Waals surface area contributed by atoms with Crippen LogP contribution in [0.2, 0.25) is 0 Å². The molecule has 0 saturated carbocycles. The summed E-state index contributed by atoms with van der Waals surface area (Å²) in [5.74, 6) is 0.509. The SMILES string of the molecule is COc1ccc(C)cc1-c1noc2c1=CC(n1c(=O)cc(C(F)(F)F)[nH]c1=O)=C=C=2. The average Bonchev–Trinajstić information content (AvgIpc) is 3.10. The van der Waals surface area contributed by atoms with Crippen molar-refractivity contribution < 1.29 is 22.4 Å². The Morgan fingerprint density at radius 3 is 2.63 bits per heavy atom. The molecule has 0 aliphatic heterocycles. The molecule has 1 aliphatic carbocycles. The van der Waals surface area contributed by atoms with Gasteiger partial charge in [-0.15, -0.1) is 0 Å². The van der Waals surface area contributed by atoms with E-state index in [-0.39, 0.29) is 11.1 Å². The summed E-state index contributed by atoms with van der Waals surface area (Å²) in [7, 11) is 1.49. The zero-order chi connectivity index (χ0) is 21.6. The molecule has 1 aliphatic rings. The number of alkyl halides is 3. The Labute approximate surface area is 165 Å². The third-order valence-electron chi connectivity index (χ3n) is 4.40. The van der Waals surface area contributed by atoms with Gasteiger partial charge < -0.3 is 14.2 Å². The Morgan fingerprint density at radius 1 is 1.20 bits per heavy atom. The van der Waals surface area contributed by atoms with Crippen molar-refractivity contribution in [3.05, 3.63) is 72.7 Å². The third kappa shape index (κ3) is 3.20. The smallest absolute Gasteiger partial charge is 0.431 e. The normalized spacial score (nSPS) is 12.6. The van der Waals surface area contributed by atoms with Crippen LogP contribution in [0, 0.1) is 6.92 Å². The highest BCUT2D eigenvalue weighted by atomic mass is 19.4. The van der Waals surface area contributed by atoms with Gasteiger partial charge >= 0.3 is 11.9 Å². The number of benzene rings is 1. The van der Waals surface area contributed by atoms with Crippen LogP contribution >= 0.6 is 0 Å². The molecule has 2 aromatic heterocycles. The first-order chi connectivity index (χ1) is 14.2. The maximum Gasteiger partial charge on any atom is 0.431 e. The minimum Gasteiger partial charge on any atom is -0.496 e. The number of hydrogen-bond acceptors (Lipinski definition) is 5. The first kappa shape index (κ1) is 19.3. The standard InChI is InChI=1S/C20H12F3N3O4/c1-10-3-5-14(29-2)12(7-10)18-13-8-11(4-6-15(13)30-25-18)26-17(27)9-16(20(21,22)23)24-19(26)28/h3,5,7-9H,1-2H3,(H,24,28). The van der Waals surface area contributed by atoms with Crippen LogP contribution in [0.15, 0.2) is 44.1 Å². The molecule has 0 spiro atoms. The summed E-state index contributed by atoms with van der Waals surface area (Å²) in [5, 5.41) is 4.39. The summed E-state index contributed by atoms with van der Waals surface area (Å²) in [6.45, 7) is 1.87. The fourth-order valence-electron chi connectivity index (χ4n) is 3.01. The highest BCUT2D eigenvalue weighted by Crippen LogP contribution is 2.28. The van der Waals surface area contributed by atoms with Crippen molar-refractivity contribution in [2.75, 3.05) is 7.11 Å². The molecule has 0 atom stereocenters. The molecule has 4 rings (SSSR count). The summed E-state index contributed by atoms with van der Waals surface area (Å²) >= 11 is 0. The van der Waals surface area contributed by atoms with Crippen molar-refractivity contribution in [3.63, 3.8) is 0 Å². The van der Waals surface area contributed by atoms with Gasteiger partial charge in [-0.05, 0) is 36.6 Å². The highest BCUT2D eigenvalue weighted by Gasteiger charge is 2.33. The van der Waals surface area contributed by atoms with E-state index >= 15 is 0 Å². The van der Waals surface area contributed by atoms with Crippen molar-refractivity contribution in [3.8, 4) is 17.0 Å². The lowest BCUT2D eigenvalue weighted by Gasteiger charge is -2.09. The molecular formula is C20H12F3N3O4. The molecule has 0 fully saturated rings. The zero-order valence-electron chi connectivity index (χ0n) is 15.5. The Balaban J connectivity index is 1.93. The molecule has 0 amide bonds. The van der Waals surface area contributed by atoms with Crippen molar-refractivity contribution in [1.29, 1.82) is 0 Å². The molecule has 152 valence electrons. The molecule has 7 nitrogen and oxygen atoms in total. The average molecular weight is 415 g/mol. The van der Waals surface area contributed by atoms with Gasteiger partial charge in [0, 0.05) is 11.6 Å². The van der Waals surface area contributed by atoms with E-state index in [1.54, 1.807) is 11.1 Å². The van der Waals surface area contributed by atoms with E-state index in [2.05, 4.69) is 16.6 Å². The third-order valence-corrected chi connectivity index (χ3v) is 4.40. The number of halogens is 3. The number of allylic oxidation sites excluding steroid dienone is 1. The van der Waals surface area contributed by atoms with Gasteiger partial charge in [0.15, 0.2) is 0 Å². The summed E-state index contributed by atoms with van der Waals surface area (Å²) in [4.78, 5) is 26.1. The van der Waals surface area contributed by atoms with Crippen LogP contribution in [0.4, 0.5) is 13.2 Å². The quantitative estimate of drug-likeness (QED) is 0.654. The monoisotopic (exact) mass is 415 g/mol. The predicted octanol–water partition coefficient (Wildman–Crippen LogP) is 1.40. The summed E-state index contributed by atoms with van der Waals surface area (Å²) in [6.07, 6.45) is -3.50. The lowest BCUT2D eigenvalue weighted by molar-refractivity contribution is -0.141. The minimum absolute atomic E-state index is 0.112. The largest absolute Gasteiger partial charge is 0.496 e. The van der Waals surface area contributed by atoms with Crippen LogP contribution in [0.3, 0.4) is 0 Å². The van der Waals surface area contributed by atoms with E-state index in [1.165, 1.54) is 13.2 Å². The van der Waals surface area contributed by atoms with Crippen LogP contribution in [-0.2, 0) is 6.18 Å². The van der Waals surface area contributed by atoms with E-state index in [0.717, 1.165) is 5.56 Å². The van der Waals surface area contributed by atoms with Crippen LogP contribution in [0.1, 0.15) is 11.3 Å². The molecule has 1 aromatic carbocycles. The number of rotatable bonds is 3. The predicted molar refractivity (Wildman–Crippen MR) is 99.9 cm³/mol. The number of aromatic nitrogens is 3. The van der Waals surface area contributed by atoms with Crippen LogP contribution < -0.4 is 26.6 Å². The summed E-state index contributed by atoms with van der Waals surface area (Å²) < 4.78 is 49.6. The van der Waals surface area contributed by atoms with Gasteiger partial charge in [0.25, 0.3) is 5.56 Å². The van der Waals surface area contributed by atoms with Gasteiger partial charge in [0.05, 0.1) is 12.3 Å². The van der Waals surface area contributed by atoms with Gasteiger partial charge in [-0.1, -0.05) is 16.8 Å². The van der Waals surface area contributed by atoms with E-state index in [0.29, 0.717) is 32.9 Å². The van der Waals surface area contributed by atoms with Crippen LogP contribution in [0.25, 0.3) is 28.8 Å². The van der Waals surface area contributed by atoms with Crippen molar-refractivity contribution >= 4 is 17.5 Å². The second kappa shape index (κ2) is 6.81. The van der Waals surface area contributed by atoms with Gasteiger partial charge in [-0.25, -0.2) is 9.36 Å². The van der Waals surface area contributed by atoms with E-state index in [4.69, 9.17) is 9.26 Å². The molecule has 3 aromatic rings. The van der Waals surface area contributed by atoms with Crippen molar-refractivity contribution in [1.82, 2.24) is 14.7 Å². The fourth-order valence-corrected chi connectivity index (χ4v) is 3.01. The summed E-state index contributed by atoms with van der Waals surface area (Å²) in [6, 6.07) is 5.70. The van der Waals surface area contributed by atoms with E-state index < -0.39 is 23.1 Å². The van der Waals surface area contributed by atoms with Gasteiger partial charge in [0.1, 0.15) is 22.8 Å². The van der Waals surface area contributed by atoms with Crippen LogP contribution in [0.5, 0.6) is 5.75 Å². The maximum atomic E-state index is 12.8. The Hall–Kier alpha value is -4.00. The Morgan fingerprint density at radius 2 is 1.97 bits per heavy atom. The van der Waals surface area contributed by atoms with Crippen LogP contribution in [-0.4, -0.2) is 21.8 Å². The number of methoxy groups -OCH3 is 1. The molecular weight excluding hydrogens is 403 g/mol. The molecule has 1 N–H and O–H groups in total. The minimum atomic E-state index is -4.86. The number of aromatic amines is 1. The number of nitrogens with one attached hydrogen (secondary N) is 1. The maximum absolute atomic E-state index is 12.8. The highest BCUT2D eigenvalue weighted by molar-refractivity contribution is 5.81. The van der Waals surface area contributed by atoms with Gasteiger partial charge in [0.2, 0.25) is 5.42 Å². The Bertz CT molecular complexity index is 1460. The molecule has 0 bridgehead atoms. The lowest BCUT2D eigenvalue weighted by Crippen LogP contribution is -2.37. The van der Waals surface area contributed by atoms with Crippen molar-refractivity contribution in [2.45, 2.75) is 13.1 Å². The Kier molecular flexibility index (Phi) is 4.38. The van der Waals surface area contributed by atoms with E-state index in [9.17, 15) is 22.8 Å². The van der Waals surface area contributed by atoms with E-state index in [1.807, 2.05) is 19.1 Å². The van der Waals surface area contributed by atoms with Gasteiger partial charge in [-0.3, -0.25) is 4.79 Å². The first-order valence-corrected chi connectivity index (χ1v) is 8.51. The summed E-state index contributed by atoms with van der Waals surface area (Å²) in [5.41, 5.74) is 3.26. The number of H-pyrrole nitrogens is 1. The molecule has 0 unspecified atom stereocenters.